The molecule has 1 unspecified atom stereocenters. The molecule has 0 aliphatic carbocycles. The van der Waals surface area contributed by atoms with Crippen LogP contribution in [0, 0.1) is 23.7 Å². The SMILES string of the molecule is CCCCC#CC(=O)c1ccc(C(F)(F)F)cc1.CCCCC#CC(O)c1ccc(C(F)(F)F)cc1. The molecular formula is C28H28F6O2. The van der Waals surface area contributed by atoms with Gasteiger partial charge < -0.3 is 5.11 Å². The van der Waals surface area contributed by atoms with Crippen molar-refractivity contribution in [2.24, 2.45) is 0 Å². The molecule has 1 atom stereocenters. The summed E-state index contributed by atoms with van der Waals surface area (Å²) in [5, 5.41) is 9.66. The van der Waals surface area contributed by atoms with Crippen molar-refractivity contribution in [1.82, 2.24) is 0 Å². The Morgan fingerprint density at radius 1 is 0.778 bits per heavy atom. The van der Waals surface area contributed by atoms with Gasteiger partial charge in [-0.3, -0.25) is 4.79 Å². The topological polar surface area (TPSA) is 37.3 Å². The molecule has 0 amide bonds. The van der Waals surface area contributed by atoms with Crippen LogP contribution in [0.3, 0.4) is 0 Å². The summed E-state index contributed by atoms with van der Waals surface area (Å²) in [5.74, 6) is 10.1. The van der Waals surface area contributed by atoms with Crippen molar-refractivity contribution >= 4 is 5.78 Å². The number of alkyl halides is 6. The Bertz CT molecular complexity index is 1060. The number of Topliss-reactive ketones (excluding diaryl/α,β-unsaturated/α-hetero) is 1. The van der Waals surface area contributed by atoms with E-state index in [4.69, 9.17) is 0 Å². The van der Waals surface area contributed by atoms with Gasteiger partial charge in [0.2, 0.25) is 5.78 Å². The first-order valence-electron chi connectivity index (χ1n) is 11.4. The van der Waals surface area contributed by atoms with Crippen LogP contribution in [0.15, 0.2) is 48.5 Å². The van der Waals surface area contributed by atoms with Crippen LogP contribution in [0.2, 0.25) is 0 Å². The van der Waals surface area contributed by atoms with Crippen molar-refractivity contribution in [3.8, 4) is 23.7 Å². The molecular weight excluding hydrogens is 482 g/mol. The maximum atomic E-state index is 12.3. The average Bonchev–Trinajstić information content (AvgIpc) is 2.84. The van der Waals surface area contributed by atoms with Gasteiger partial charge in [-0.25, -0.2) is 0 Å². The molecule has 0 saturated carbocycles. The van der Waals surface area contributed by atoms with Crippen molar-refractivity contribution in [3.05, 3.63) is 70.8 Å². The normalized spacial score (nSPS) is 11.7. The van der Waals surface area contributed by atoms with E-state index < -0.39 is 35.4 Å². The summed E-state index contributed by atoms with van der Waals surface area (Å²) in [6.07, 6.45) is -4.57. The first kappa shape index (κ1) is 30.8. The van der Waals surface area contributed by atoms with E-state index in [2.05, 4.69) is 23.7 Å². The second-order valence-corrected chi connectivity index (χ2v) is 7.76. The molecule has 0 aliphatic heterocycles. The zero-order chi connectivity index (χ0) is 27.2. The number of rotatable bonds is 6. The van der Waals surface area contributed by atoms with E-state index in [0.29, 0.717) is 18.4 Å². The van der Waals surface area contributed by atoms with E-state index in [-0.39, 0.29) is 5.56 Å². The van der Waals surface area contributed by atoms with Crippen LogP contribution in [0.1, 0.15) is 85.5 Å². The second kappa shape index (κ2) is 15.0. The highest BCUT2D eigenvalue weighted by molar-refractivity contribution is 6.08. The number of halogens is 6. The van der Waals surface area contributed by atoms with E-state index in [0.717, 1.165) is 62.1 Å². The lowest BCUT2D eigenvalue weighted by molar-refractivity contribution is -0.138. The highest BCUT2D eigenvalue weighted by Crippen LogP contribution is 2.30. The van der Waals surface area contributed by atoms with Crippen LogP contribution < -0.4 is 0 Å². The first-order valence-corrected chi connectivity index (χ1v) is 11.4. The molecule has 36 heavy (non-hydrogen) atoms. The fourth-order valence-corrected chi connectivity index (χ4v) is 2.66. The number of aliphatic hydroxyl groups is 1. The van der Waals surface area contributed by atoms with Crippen LogP contribution in [0.25, 0.3) is 0 Å². The van der Waals surface area contributed by atoms with Gasteiger partial charge in [-0.05, 0) is 60.7 Å². The van der Waals surface area contributed by atoms with Crippen molar-refractivity contribution in [1.29, 1.82) is 0 Å². The van der Waals surface area contributed by atoms with Gasteiger partial charge in [0, 0.05) is 18.4 Å². The monoisotopic (exact) mass is 510 g/mol. The minimum absolute atomic E-state index is 0.187. The lowest BCUT2D eigenvalue weighted by Gasteiger charge is -2.08. The standard InChI is InChI=1S/C14H15F3O.C14H13F3O/c2*1-2-3-4-5-6-13(18)11-7-9-12(10-8-11)14(15,16)17/h7-10,13,18H,2-4H2,1H3;7-10H,2-4H2,1H3. The molecule has 0 radical (unpaired) electrons. The Morgan fingerprint density at radius 3 is 1.67 bits per heavy atom. The summed E-state index contributed by atoms with van der Waals surface area (Å²) >= 11 is 0. The Balaban J connectivity index is 0.000000360. The number of ketones is 1. The molecule has 0 aromatic heterocycles. The molecule has 0 heterocycles. The summed E-state index contributed by atoms with van der Waals surface area (Å²) in [5.41, 5.74) is -0.922. The molecule has 2 aromatic carbocycles. The summed E-state index contributed by atoms with van der Waals surface area (Å²) in [4.78, 5) is 11.5. The molecule has 2 rings (SSSR count). The molecule has 0 aliphatic rings. The largest absolute Gasteiger partial charge is 0.416 e. The minimum Gasteiger partial charge on any atom is -0.376 e. The summed E-state index contributed by atoms with van der Waals surface area (Å²) < 4.78 is 73.8. The van der Waals surface area contributed by atoms with Crippen LogP contribution in [-0.4, -0.2) is 10.9 Å². The molecule has 194 valence electrons. The molecule has 0 spiro atoms. The highest BCUT2D eigenvalue weighted by Gasteiger charge is 2.30. The Kier molecular flexibility index (Phi) is 12.8. The van der Waals surface area contributed by atoms with Crippen LogP contribution in [-0.2, 0) is 12.4 Å². The lowest BCUT2D eigenvalue weighted by Crippen LogP contribution is -2.05. The fraction of sp³-hybridized carbons (Fsp3) is 0.393. The predicted molar refractivity (Wildman–Crippen MR) is 127 cm³/mol. The number of carbonyl (C=O) groups is 1. The van der Waals surface area contributed by atoms with E-state index in [1.807, 2.05) is 13.8 Å². The third kappa shape index (κ3) is 11.5. The number of aliphatic hydroxyl groups excluding tert-OH is 1. The predicted octanol–water partition coefficient (Wildman–Crippen LogP) is 8.01. The van der Waals surface area contributed by atoms with E-state index >= 15 is 0 Å². The summed E-state index contributed by atoms with van der Waals surface area (Å²) in [7, 11) is 0. The summed E-state index contributed by atoms with van der Waals surface area (Å²) in [6.45, 7) is 4.05. The maximum Gasteiger partial charge on any atom is 0.416 e. The van der Waals surface area contributed by atoms with Gasteiger partial charge in [0.1, 0.15) is 6.10 Å². The van der Waals surface area contributed by atoms with E-state index in [9.17, 15) is 36.2 Å². The van der Waals surface area contributed by atoms with Crippen LogP contribution >= 0.6 is 0 Å². The Morgan fingerprint density at radius 2 is 1.22 bits per heavy atom. The third-order valence-electron chi connectivity index (χ3n) is 4.78. The van der Waals surface area contributed by atoms with Gasteiger partial charge in [-0.2, -0.15) is 26.3 Å². The first-order chi connectivity index (χ1) is 16.9. The zero-order valence-electron chi connectivity index (χ0n) is 20.1. The number of carbonyl (C=O) groups excluding carboxylic acids is 1. The molecule has 2 aromatic rings. The van der Waals surface area contributed by atoms with Crippen molar-refractivity contribution < 1.29 is 36.2 Å². The summed E-state index contributed by atoms with van der Waals surface area (Å²) in [6, 6.07) is 8.49. The number of hydrogen-bond acceptors (Lipinski definition) is 2. The molecule has 8 heteroatoms. The molecule has 2 nitrogen and oxygen atoms in total. The van der Waals surface area contributed by atoms with Crippen LogP contribution in [0.5, 0.6) is 0 Å². The second-order valence-electron chi connectivity index (χ2n) is 7.76. The molecule has 0 bridgehead atoms. The van der Waals surface area contributed by atoms with Gasteiger partial charge in [0.05, 0.1) is 11.1 Å². The minimum atomic E-state index is -4.38. The van der Waals surface area contributed by atoms with Crippen molar-refractivity contribution in [3.63, 3.8) is 0 Å². The smallest absolute Gasteiger partial charge is 0.376 e. The van der Waals surface area contributed by atoms with E-state index in [1.165, 1.54) is 12.1 Å². The van der Waals surface area contributed by atoms with Crippen molar-refractivity contribution in [2.45, 2.75) is 70.8 Å². The molecule has 1 N–H and O–H groups in total. The van der Waals surface area contributed by atoms with Gasteiger partial charge in [-0.1, -0.05) is 50.7 Å². The Labute approximate surface area is 207 Å². The lowest BCUT2D eigenvalue weighted by atomic mass is 10.1. The molecule has 0 fully saturated rings. The number of unbranched alkanes of at least 4 members (excludes halogenated alkanes) is 4. The zero-order valence-corrected chi connectivity index (χ0v) is 20.1. The van der Waals surface area contributed by atoms with Crippen molar-refractivity contribution in [2.75, 3.05) is 0 Å². The quantitative estimate of drug-likeness (QED) is 0.141. The number of benzene rings is 2. The Hall–Kier alpha value is -3.23. The van der Waals surface area contributed by atoms with E-state index in [1.54, 1.807) is 0 Å². The highest BCUT2D eigenvalue weighted by atomic mass is 19.4. The van der Waals surface area contributed by atoms with Gasteiger partial charge in [-0.15, -0.1) is 5.92 Å². The molecule has 0 saturated heterocycles. The van der Waals surface area contributed by atoms with Crippen LogP contribution in [0.4, 0.5) is 26.3 Å². The van der Waals surface area contributed by atoms with Gasteiger partial charge in [0.25, 0.3) is 0 Å². The van der Waals surface area contributed by atoms with Gasteiger partial charge >= 0.3 is 12.4 Å². The average molecular weight is 511 g/mol. The fourth-order valence-electron chi connectivity index (χ4n) is 2.66. The third-order valence-corrected chi connectivity index (χ3v) is 4.78. The number of hydrogen-bond donors (Lipinski definition) is 1. The maximum absolute atomic E-state index is 12.3. The van der Waals surface area contributed by atoms with Gasteiger partial charge in [0.15, 0.2) is 0 Å².